The maximum Gasteiger partial charge on any atom is 0.407 e. The Morgan fingerprint density at radius 1 is 0.500 bits per heavy atom. The van der Waals surface area contributed by atoms with Gasteiger partial charge in [0, 0.05) is 63.2 Å². The minimum atomic E-state index is -1.24. The standard InChI is InChI=1S/C33H47NO9.C30H49NO9.CH4/c1-21(2)25(31(36)24-13-14-29(41-6)30(17-24)42-16-10-15-40-5)18-27(28(35)19-26(22(3)4)32(37)38)34-33(39)43-20-23-11-8-7-9-12-23;1-18(2)21(27(33)20-11-12-25(38-9)26(15-20)39-14-10-13-37-8)16-23(31-29(36)40-30(5,6)7)24(32)17-22(19(3)4)28(34)35;/h7-9,11-14,17,21-22,25-28,35H,10,15-16,18-20H2,1-6H3,(H,34,39)(H,37,38);11-12,15,18-19,21-24,32H,10,13-14,16-17H2,1-9H3,(H,31,36)(H,34,35);1H4/t25-,26-,27-,28-;21-,22-,23-,24-;/m00./s1. The number of amides is 2. The summed E-state index contributed by atoms with van der Waals surface area (Å²) in [4.78, 5) is 76.9. The summed E-state index contributed by atoms with van der Waals surface area (Å²) in [6, 6.07) is 17.2. The fourth-order valence-electron chi connectivity index (χ4n) is 9.16. The van der Waals surface area contributed by atoms with Gasteiger partial charge in [0.15, 0.2) is 34.6 Å². The Bertz CT molecular complexity index is 2440. The van der Waals surface area contributed by atoms with Crippen LogP contribution in [0.3, 0.4) is 0 Å². The van der Waals surface area contributed by atoms with Crippen molar-refractivity contribution in [3.05, 3.63) is 83.4 Å². The highest BCUT2D eigenvalue weighted by atomic mass is 16.6. The molecule has 6 N–H and O–H groups in total. The van der Waals surface area contributed by atoms with E-state index in [2.05, 4.69) is 10.6 Å². The molecule has 0 aliphatic heterocycles. The molecule has 0 aliphatic carbocycles. The summed E-state index contributed by atoms with van der Waals surface area (Å²) in [6.45, 7) is 21.6. The Morgan fingerprint density at radius 2 is 0.881 bits per heavy atom. The maximum absolute atomic E-state index is 13.9. The van der Waals surface area contributed by atoms with E-state index in [1.165, 1.54) is 14.2 Å². The van der Waals surface area contributed by atoms with E-state index in [9.17, 15) is 49.2 Å². The fourth-order valence-corrected chi connectivity index (χ4v) is 9.16. The predicted octanol–water partition coefficient (Wildman–Crippen LogP) is 11.0. The Morgan fingerprint density at radius 3 is 1.21 bits per heavy atom. The van der Waals surface area contributed by atoms with Crippen LogP contribution in [0.25, 0.3) is 0 Å². The van der Waals surface area contributed by atoms with Gasteiger partial charge < -0.3 is 69.0 Å². The number of benzene rings is 3. The molecule has 3 aromatic carbocycles. The van der Waals surface area contributed by atoms with Crippen molar-refractivity contribution >= 4 is 35.7 Å². The van der Waals surface area contributed by atoms with Gasteiger partial charge >= 0.3 is 24.1 Å². The molecule has 0 saturated carbocycles. The third-order valence-corrected chi connectivity index (χ3v) is 14.1. The van der Waals surface area contributed by atoms with Crippen molar-refractivity contribution in [1.82, 2.24) is 10.6 Å². The van der Waals surface area contributed by atoms with Gasteiger partial charge in [0.25, 0.3) is 0 Å². The quantitative estimate of drug-likeness (QED) is 0.0233. The van der Waals surface area contributed by atoms with Crippen molar-refractivity contribution in [3.8, 4) is 23.0 Å². The number of aliphatic hydroxyl groups excluding tert-OH is 2. The number of carboxylic acid groups (broad SMARTS) is 2. The molecule has 8 atom stereocenters. The van der Waals surface area contributed by atoms with Crippen molar-refractivity contribution in [2.45, 2.75) is 159 Å². The number of ketones is 2. The van der Waals surface area contributed by atoms with Crippen LogP contribution in [0.4, 0.5) is 9.59 Å². The van der Waals surface area contributed by atoms with Crippen molar-refractivity contribution in [3.63, 3.8) is 0 Å². The largest absolute Gasteiger partial charge is 0.493 e. The Kier molecular flexibility index (Phi) is 34.6. The molecule has 0 aromatic heterocycles. The Hall–Kier alpha value is -6.48. The summed E-state index contributed by atoms with van der Waals surface area (Å²) in [6.07, 6.45) is -2.70. The number of nitrogens with one attached hydrogen (secondary N) is 2. The third kappa shape index (κ3) is 26.6. The summed E-state index contributed by atoms with van der Waals surface area (Å²) in [7, 11) is 6.26. The first kappa shape index (κ1) is 75.5. The van der Waals surface area contributed by atoms with Crippen molar-refractivity contribution < 1.29 is 87.1 Å². The van der Waals surface area contributed by atoms with E-state index < -0.39 is 77.7 Å². The molecule has 0 bridgehead atoms. The van der Waals surface area contributed by atoms with Crippen LogP contribution in [0, 0.1) is 47.3 Å². The minimum absolute atomic E-state index is 0. The summed E-state index contributed by atoms with van der Waals surface area (Å²) < 4.78 is 43.4. The molecule has 20 heteroatoms. The molecule has 20 nitrogen and oxygen atoms in total. The predicted molar refractivity (Wildman–Crippen MR) is 321 cm³/mol. The van der Waals surface area contributed by atoms with E-state index in [1.807, 2.05) is 58.0 Å². The number of hydrogen-bond acceptors (Lipinski definition) is 16. The second kappa shape index (κ2) is 38.5. The number of carbonyl (C=O) groups is 6. The lowest BCUT2D eigenvalue weighted by molar-refractivity contribution is -0.145. The summed E-state index contributed by atoms with van der Waals surface area (Å²) >= 11 is 0. The number of aliphatic carboxylic acids is 2. The van der Waals surface area contributed by atoms with Gasteiger partial charge in [0.1, 0.15) is 12.2 Å². The lowest BCUT2D eigenvalue weighted by atomic mass is 9.80. The third-order valence-electron chi connectivity index (χ3n) is 14.1. The van der Waals surface area contributed by atoms with Crippen LogP contribution < -0.4 is 29.6 Å². The summed E-state index contributed by atoms with van der Waals surface area (Å²) in [5.74, 6) is -4.34. The van der Waals surface area contributed by atoms with Crippen LogP contribution in [0.2, 0.25) is 0 Å². The number of aliphatic hydroxyl groups is 2. The van der Waals surface area contributed by atoms with E-state index in [-0.39, 0.29) is 75.0 Å². The van der Waals surface area contributed by atoms with E-state index in [1.54, 1.807) is 99.1 Å². The highest BCUT2D eigenvalue weighted by molar-refractivity contribution is 5.99. The van der Waals surface area contributed by atoms with Gasteiger partial charge in [0.05, 0.1) is 63.6 Å². The minimum Gasteiger partial charge on any atom is -0.493 e. The van der Waals surface area contributed by atoms with Gasteiger partial charge in [-0.2, -0.15) is 0 Å². The zero-order chi connectivity index (χ0) is 62.6. The monoisotopic (exact) mass is 1180 g/mol. The molecular formula is C64H100N2O18. The SMILES string of the molecule is C.COCCCOc1cc(C(=O)[C@@H](C[C@H](NC(=O)OC(C)(C)C)[C@@H](O)C[C@H](C(=O)O)C(C)C)C(C)C)ccc1OC.COCCCOc1cc(C(=O)[C@@H](C[C@H](NC(=O)OCc2ccccc2)[C@@H](O)C[C@H](C(=O)O)C(C)C)C(C)C)ccc1OC. The van der Waals surface area contributed by atoms with Gasteiger partial charge in [-0.25, -0.2) is 9.59 Å². The molecule has 0 fully saturated rings. The highest BCUT2D eigenvalue weighted by Gasteiger charge is 2.37. The number of ether oxygens (including phenoxy) is 8. The number of hydrogen-bond donors (Lipinski definition) is 6. The second-order valence-corrected chi connectivity index (χ2v) is 23.1. The van der Waals surface area contributed by atoms with Crippen molar-refractivity contribution in [1.29, 1.82) is 0 Å². The molecule has 0 radical (unpaired) electrons. The lowest BCUT2D eigenvalue weighted by Gasteiger charge is -2.32. The first-order valence-corrected chi connectivity index (χ1v) is 28.6. The molecule has 474 valence electrons. The van der Waals surface area contributed by atoms with Crippen LogP contribution in [0.1, 0.15) is 148 Å². The first-order chi connectivity index (χ1) is 39.1. The molecule has 84 heavy (non-hydrogen) atoms. The van der Waals surface area contributed by atoms with E-state index in [4.69, 9.17) is 37.9 Å². The average molecular weight is 1190 g/mol. The van der Waals surface area contributed by atoms with E-state index in [0.29, 0.717) is 73.4 Å². The fraction of sp³-hybridized carbons (Fsp3) is 0.625. The first-order valence-electron chi connectivity index (χ1n) is 28.6. The van der Waals surface area contributed by atoms with Crippen LogP contribution in [-0.4, -0.2) is 141 Å². The Balaban J connectivity index is 0.000000833. The van der Waals surface area contributed by atoms with Crippen LogP contribution in [0.5, 0.6) is 23.0 Å². The molecule has 0 unspecified atom stereocenters. The zero-order valence-electron chi connectivity index (χ0n) is 51.6. The van der Waals surface area contributed by atoms with Crippen molar-refractivity contribution in [2.24, 2.45) is 47.3 Å². The van der Waals surface area contributed by atoms with Gasteiger partial charge in [-0.05, 0) is 112 Å². The second-order valence-electron chi connectivity index (χ2n) is 23.1. The zero-order valence-corrected chi connectivity index (χ0v) is 51.6. The smallest absolute Gasteiger partial charge is 0.407 e. The van der Waals surface area contributed by atoms with E-state index in [0.717, 1.165) is 5.56 Å². The topological polar surface area (TPSA) is 281 Å². The maximum atomic E-state index is 13.9. The van der Waals surface area contributed by atoms with Crippen molar-refractivity contribution in [2.75, 3.05) is 54.9 Å². The van der Waals surface area contributed by atoms with E-state index >= 15 is 0 Å². The van der Waals surface area contributed by atoms with Crippen LogP contribution >= 0.6 is 0 Å². The normalized spacial score (nSPS) is 14.2. The number of alkyl carbamates (subject to hydrolysis) is 2. The highest BCUT2D eigenvalue weighted by Crippen LogP contribution is 2.34. The number of Topliss-reactive ketones (excluding diaryl/α,β-unsaturated/α-hetero) is 2. The van der Waals surface area contributed by atoms with Gasteiger partial charge in [-0.15, -0.1) is 0 Å². The lowest BCUT2D eigenvalue weighted by Crippen LogP contribution is -2.48. The number of methoxy groups -OCH3 is 4. The molecular weight excluding hydrogens is 1080 g/mol. The van der Waals surface area contributed by atoms with Gasteiger partial charge in [-0.1, -0.05) is 93.1 Å². The summed E-state index contributed by atoms with van der Waals surface area (Å²) in [5, 5.41) is 47.2. The van der Waals surface area contributed by atoms with Crippen LogP contribution in [-0.2, 0) is 35.1 Å². The number of carboxylic acids is 2. The molecule has 3 aromatic rings. The molecule has 2 amide bonds. The summed E-state index contributed by atoms with van der Waals surface area (Å²) in [5.41, 5.74) is 0.802. The van der Waals surface area contributed by atoms with Gasteiger partial charge in [-0.3, -0.25) is 19.2 Å². The molecule has 0 heterocycles. The molecule has 3 rings (SSSR count). The number of rotatable bonds is 36. The molecule has 0 spiro atoms. The molecule has 0 saturated heterocycles. The Labute approximate surface area is 498 Å². The van der Waals surface area contributed by atoms with Crippen LogP contribution in [0.15, 0.2) is 66.7 Å². The average Bonchev–Trinajstić information content (AvgIpc) is 3.57. The van der Waals surface area contributed by atoms with Gasteiger partial charge in [0.2, 0.25) is 0 Å². The molecule has 0 aliphatic rings. The number of carbonyl (C=O) groups excluding carboxylic acids is 4.